The standard InChI is InChI=1S/C13H26N6/c1-10(2)13(15)9-11(16-12(14)17-13)19-6-4-5-18(3)7-8-19/h9-10H,4-8,15H2,1-3H3,(H3,14,16,17). The molecule has 108 valence electrons. The van der Waals surface area contributed by atoms with E-state index in [4.69, 9.17) is 11.5 Å². The van der Waals surface area contributed by atoms with Gasteiger partial charge in [0.1, 0.15) is 11.5 Å². The van der Waals surface area contributed by atoms with E-state index in [9.17, 15) is 0 Å². The predicted octanol–water partition coefficient (Wildman–Crippen LogP) is -0.306. The van der Waals surface area contributed by atoms with Crippen molar-refractivity contribution in [3.63, 3.8) is 0 Å². The number of nitrogens with one attached hydrogen (secondary N) is 1. The summed E-state index contributed by atoms with van der Waals surface area (Å²) in [5.41, 5.74) is 11.5. The molecule has 2 aliphatic rings. The maximum atomic E-state index is 6.33. The quantitative estimate of drug-likeness (QED) is 0.639. The zero-order valence-corrected chi connectivity index (χ0v) is 12.2. The van der Waals surface area contributed by atoms with Crippen molar-refractivity contribution in [3.05, 3.63) is 11.9 Å². The lowest BCUT2D eigenvalue weighted by molar-refractivity contribution is 0.304. The summed E-state index contributed by atoms with van der Waals surface area (Å²) in [7, 11) is 2.16. The van der Waals surface area contributed by atoms with Gasteiger partial charge in [0.15, 0.2) is 5.96 Å². The first-order valence-corrected chi connectivity index (χ1v) is 6.98. The maximum absolute atomic E-state index is 6.33. The van der Waals surface area contributed by atoms with Crippen molar-refractivity contribution < 1.29 is 0 Å². The number of rotatable bonds is 2. The molecular formula is C13H26N6. The van der Waals surface area contributed by atoms with Crippen LogP contribution in [0.15, 0.2) is 16.9 Å². The summed E-state index contributed by atoms with van der Waals surface area (Å²) in [5.74, 6) is 1.61. The molecule has 1 unspecified atom stereocenters. The van der Waals surface area contributed by atoms with Crippen molar-refractivity contribution in [2.75, 3.05) is 33.2 Å². The SMILES string of the molecule is CC(C)C1(N)C=C(N2CCCN(C)CC2)NC(N)=N1. The Kier molecular flexibility index (Phi) is 4.01. The van der Waals surface area contributed by atoms with Crippen molar-refractivity contribution in [1.29, 1.82) is 0 Å². The minimum atomic E-state index is -0.705. The number of hydrogen-bond acceptors (Lipinski definition) is 6. The van der Waals surface area contributed by atoms with Crippen LogP contribution in [0.1, 0.15) is 20.3 Å². The van der Waals surface area contributed by atoms with Gasteiger partial charge in [-0.3, -0.25) is 0 Å². The van der Waals surface area contributed by atoms with Crippen LogP contribution >= 0.6 is 0 Å². The van der Waals surface area contributed by atoms with Gasteiger partial charge in [0.25, 0.3) is 0 Å². The molecule has 2 rings (SSSR count). The van der Waals surface area contributed by atoms with Crippen molar-refractivity contribution in [2.24, 2.45) is 22.4 Å². The normalized spacial score (nSPS) is 29.6. The third-order valence-corrected chi connectivity index (χ3v) is 3.92. The summed E-state index contributed by atoms with van der Waals surface area (Å²) < 4.78 is 0. The first-order valence-electron chi connectivity index (χ1n) is 6.98. The summed E-state index contributed by atoms with van der Waals surface area (Å²) in [6, 6.07) is 0. The van der Waals surface area contributed by atoms with Crippen LogP contribution in [0.2, 0.25) is 0 Å². The number of guanidine groups is 1. The molecule has 6 nitrogen and oxygen atoms in total. The number of aliphatic imine (C=N–C) groups is 1. The van der Waals surface area contributed by atoms with Crippen LogP contribution in [0.3, 0.4) is 0 Å². The van der Waals surface area contributed by atoms with E-state index in [2.05, 4.69) is 41.0 Å². The molecule has 0 saturated carbocycles. The minimum Gasteiger partial charge on any atom is -0.370 e. The average Bonchev–Trinajstić information content (AvgIpc) is 2.52. The summed E-state index contributed by atoms with van der Waals surface area (Å²) in [6.07, 6.45) is 3.16. The Bertz CT molecular complexity index is 389. The fourth-order valence-electron chi connectivity index (χ4n) is 2.41. The Morgan fingerprint density at radius 3 is 2.74 bits per heavy atom. The molecule has 0 aromatic heterocycles. The lowest BCUT2D eigenvalue weighted by Crippen LogP contribution is -2.52. The fraction of sp³-hybridized carbons (Fsp3) is 0.769. The third kappa shape index (κ3) is 3.19. The summed E-state index contributed by atoms with van der Waals surface area (Å²) in [6.45, 7) is 8.31. The van der Waals surface area contributed by atoms with Gasteiger partial charge in [0, 0.05) is 19.6 Å². The highest BCUT2D eigenvalue weighted by Crippen LogP contribution is 2.23. The first-order chi connectivity index (χ1) is 8.90. The van der Waals surface area contributed by atoms with Gasteiger partial charge in [-0.25, -0.2) is 4.99 Å². The van der Waals surface area contributed by atoms with Crippen LogP contribution in [0, 0.1) is 5.92 Å². The molecule has 0 amide bonds. The van der Waals surface area contributed by atoms with Gasteiger partial charge in [-0.15, -0.1) is 0 Å². The topological polar surface area (TPSA) is 82.9 Å². The second-order valence-corrected chi connectivity index (χ2v) is 5.84. The molecule has 0 aromatic carbocycles. The van der Waals surface area contributed by atoms with E-state index < -0.39 is 5.66 Å². The monoisotopic (exact) mass is 266 g/mol. The van der Waals surface area contributed by atoms with Crippen LogP contribution in [0.25, 0.3) is 0 Å². The van der Waals surface area contributed by atoms with Gasteiger partial charge in [-0.05, 0) is 32.0 Å². The van der Waals surface area contributed by atoms with Crippen LogP contribution in [-0.2, 0) is 0 Å². The van der Waals surface area contributed by atoms with Gasteiger partial charge >= 0.3 is 0 Å². The molecule has 0 bridgehead atoms. The van der Waals surface area contributed by atoms with Crippen molar-refractivity contribution >= 4 is 5.96 Å². The molecule has 0 spiro atoms. The fourth-order valence-corrected chi connectivity index (χ4v) is 2.41. The number of nitrogens with zero attached hydrogens (tertiary/aromatic N) is 3. The minimum absolute atomic E-state index is 0.206. The molecule has 1 saturated heterocycles. The number of nitrogens with two attached hydrogens (primary N) is 2. The highest BCUT2D eigenvalue weighted by atomic mass is 15.3. The lowest BCUT2D eigenvalue weighted by Gasteiger charge is -2.35. The van der Waals surface area contributed by atoms with Gasteiger partial charge in [0.05, 0.1) is 0 Å². The van der Waals surface area contributed by atoms with E-state index >= 15 is 0 Å². The maximum Gasteiger partial charge on any atom is 0.196 e. The molecule has 0 aliphatic carbocycles. The van der Waals surface area contributed by atoms with E-state index in [-0.39, 0.29) is 5.92 Å². The number of hydrogen-bond donors (Lipinski definition) is 3. The predicted molar refractivity (Wildman–Crippen MR) is 78.3 cm³/mol. The Labute approximate surface area is 115 Å². The molecular weight excluding hydrogens is 240 g/mol. The molecule has 2 aliphatic heterocycles. The molecule has 5 N–H and O–H groups in total. The Hall–Kier alpha value is -1.27. The van der Waals surface area contributed by atoms with Crippen LogP contribution in [0.4, 0.5) is 0 Å². The zero-order valence-electron chi connectivity index (χ0n) is 12.2. The van der Waals surface area contributed by atoms with E-state index in [1.54, 1.807) is 0 Å². The zero-order chi connectivity index (χ0) is 14.0. The summed E-state index contributed by atoms with van der Waals surface area (Å²) in [4.78, 5) is 9.01. The highest BCUT2D eigenvalue weighted by molar-refractivity contribution is 5.81. The lowest BCUT2D eigenvalue weighted by atomic mass is 9.96. The molecule has 1 atom stereocenters. The molecule has 2 heterocycles. The van der Waals surface area contributed by atoms with Gasteiger partial charge in [-0.1, -0.05) is 13.8 Å². The van der Waals surface area contributed by atoms with Gasteiger partial charge < -0.3 is 26.6 Å². The number of likely N-dealkylation sites (N-methyl/N-ethyl adjacent to an activating group) is 1. The van der Waals surface area contributed by atoms with Crippen LogP contribution in [-0.4, -0.2) is 54.6 Å². The summed E-state index contributed by atoms with van der Waals surface area (Å²) >= 11 is 0. The molecule has 1 fully saturated rings. The average molecular weight is 266 g/mol. The summed E-state index contributed by atoms with van der Waals surface area (Å²) in [5, 5.41) is 3.15. The molecule has 0 aromatic rings. The largest absolute Gasteiger partial charge is 0.370 e. The van der Waals surface area contributed by atoms with E-state index in [0.717, 1.165) is 38.4 Å². The first kappa shape index (κ1) is 14.1. The van der Waals surface area contributed by atoms with E-state index in [1.165, 1.54) is 0 Å². The highest BCUT2D eigenvalue weighted by Gasteiger charge is 2.32. The molecule has 0 radical (unpaired) electrons. The van der Waals surface area contributed by atoms with Gasteiger partial charge in [-0.2, -0.15) is 0 Å². The van der Waals surface area contributed by atoms with Crippen molar-refractivity contribution in [3.8, 4) is 0 Å². The molecule has 6 heteroatoms. The van der Waals surface area contributed by atoms with Crippen LogP contribution < -0.4 is 16.8 Å². The Morgan fingerprint density at radius 2 is 2.05 bits per heavy atom. The second kappa shape index (κ2) is 5.38. The molecule has 19 heavy (non-hydrogen) atoms. The van der Waals surface area contributed by atoms with Crippen LogP contribution in [0.5, 0.6) is 0 Å². The second-order valence-electron chi connectivity index (χ2n) is 5.84. The third-order valence-electron chi connectivity index (χ3n) is 3.92. The Balaban J connectivity index is 2.17. The van der Waals surface area contributed by atoms with E-state index in [0.29, 0.717) is 5.96 Å². The van der Waals surface area contributed by atoms with E-state index in [1.807, 2.05) is 6.08 Å². The van der Waals surface area contributed by atoms with Gasteiger partial charge in [0.2, 0.25) is 0 Å². The van der Waals surface area contributed by atoms with Crippen molar-refractivity contribution in [2.45, 2.75) is 25.9 Å². The van der Waals surface area contributed by atoms with Crippen molar-refractivity contribution in [1.82, 2.24) is 15.1 Å². The smallest absolute Gasteiger partial charge is 0.196 e. The Morgan fingerprint density at radius 1 is 1.32 bits per heavy atom.